The number of likely N-dealkylation sites (N-methyl/N-ethyl adjacent to an activating group) is 1. The quantitative estimate of drug-likeness (QED) is 0.855. The van der Waals surface area contributed by atoms with E-state index in [9.17, 15) is 0 Å². The van der Waals surface area contributed by atoms with Crippen LogP contribution in [-0.4, -0.2) is 56.7 Å². The minimum absolute atomic E-state index is 0.891. The topological polar surface area (TPSA) is 19.0 Å². The van der Waals surface area contributed by atoms with Gasteiger partial charge in [-0.2, -0.15) is 0 Å². The minimum Gasteiger partial charge on any atom is -0.497 e. The summed E-state index contributed by atoms with van der Waals surface area (Å²) in [4.78, 5) is 7.30. The van der Waals surface area contributed by atoms with Crippen LogP contribution in [0.1, 0.15) is 5.56 Å². The van der Waals surface area contributed by atoms with E-state index in [-0.39, 0.29) is 0 Å². The third-order valence-electron chi connectivity index (χ3n) is 5.17. The average molecular weight is 335 g/mol. The predicted molar refractivity (Wildman–Crippen MR) is 103 cm³/mol. The molecule has 130 valence electrons. The Balaban J connectivity index is 1.65. The van der Waals surface area contributed by atoms with Crippen molar-refractivity contribution in [2.45, 2.75) is 0 Å². The van der Waals surface area contributed by atoms with Gasteiger partial charge in [-0.25, -0.2) is 0 Å². The molecule has 1 fully saturated rings. The third kappa shape index (κ3) is 3.10. The molecular weight excluding hydrogens is 310 g/mol. The van der Waals surface area contributed by atoms with Gasteiger partial charge in [0.15, 0.2) is 0 Å². The second-order valence-electron chi connectivity index (χ2n) is 6.71. The fraction of sp³-hybridized carbons (Fsp3) is 0.333. The number of hydrogen-bond acceptors (Lipinski definition) is 4. The Hall–Kier alpha value is -2.46. The van der Waals surface area contributed by atoms with Gasteiger partial charge < -0.3 is 19.4 Å². The lowest BCUT2D eigenvalue weighted by Gasteiger charge is -2.39. The molecule has 2 aliphatic heterocycles. The molecule has 4 rings (SSSR count). The van der Waals surface area contributed by atoms with E-state index in [1.165, 1.54) is 22.6 Å². The molecule has 2 aromatic carbocycles. The summed E-state index contributed by atoms with van der Waals surface area (Å²) in [6.07, 6.45) is 2.37. The number of ether oxygens (including phenoxy) is 1. The van der Waals surface area contributed by atoms with Gasteiger partial charge in [0.1, 0.15) is 5.75 Å². The highest BCUT2D eigenvalue weighted by Crippen LogP contribution is 2.38. The maximum atomic E-state index is 5.29. The SMILES string of the molecule is COc1ccc(N2CC=C(N3CCN(C)CC3)c3ccccc32)cc1. The molecule has 2 heterocycles. The molecule has 1 saturated heterocycles. The number of anilines is 2. The van der Waals surface area contributed by atoms with E-state index in [2.05, 4.69) is 64.2 Å². The Kier molecular flexibility index (Phi) is 4.36. The van der Waals surface area contributed by atoms with Gasteiger partial charge in [0.2, 0.25) is 0 Å². The maximum absolute atomic E-state index is 5.29. The first-order valence-electron chi connectivity index (χ1n) is 8.91. The van der Waals surface area contributed by atoms with Gasteiger partial charge in [0.05, 0.1) is 12.8 Å². The molecule has 0 unspecified atom stereocenters. The van der Waals surface area contributed by atoms with E-state index in [0.717, 1.165) is 38.5 Å². The zero-order valence-corrected chi connectivity index (χ0v) is 15.0. The second-order valence-corrected chi connectivity index (χ2v) is 6.71. The highest BCUT2D eigenvalue weighted by atomic mass is 16.5. The first-order valence-corrected chi connectivity index (χ1v) is 8.91. The smallest absolute Gasteiger partial charge is 0.119 e. The van der Waals surface area contributed by atoms with Crippen molar-refractivity contribution in [1.29, 1.82) is 0 Å². The molecule has 2 aromatic rings. The van der Waals surface area contributed by atoms with Crippen LogP contribution >= 0.6 is 0 Å². The third-order valence-corrected chi connectivity index (χ3v) is 5.17. The summed E-state index contributed by atoms with van der Waals surface area (Å²) in [5.74, 6) is 0.891. The summed E-state index contributed by atoms with van der Waals surface area (Å²) in [5, 5.41) is 0. The number of piperazine rings is 1. The molecule has 0 atom stereocenters. The number of nitrogens with zero attached hydrogens (tertiary/aromatic N) is 3. The number of hydrogen-bond donors (Lipinski definition) is 0. The van der Waals surface area contributed by atoms with Crippen molar-refractivity contribution in [2.75, 3.05) is 51.8 Å². The van der Waals surface area contributed by atoms with Crippen molar-refractivity contribution in [1.82, 2.24) is 9.80 Å². The fourth-order valence-electron chi connectivity index (χ4n) is 3.67. The number of rotatable bonds is 3. The molecule has 0 radical (unpaired) electrons. The van der Waals surface area contributed by atoms with E-state index in [1.54, 1.807) is 7.11 Å². The normalized spacial score (nSPS) is 17.9. The van der Waals surface area contributed by atoms with E-state index in [1.807, 2.05) is 12.1 Å². The molecule has 0 aromatic heterocycles. The maximum Gasteiger partial charge on any atom is 0.119 e. The number of fused-ring (bicyclic) bond motifs is 1. The van der Waals surface area contributed by atoms with Gasteiger partial charge in [0, 0.05) is 49.7 Å². The monoisotopic (exact) mass is 335 g/mol. The molecular formula is C21H25N3O. The summed E-state index contributed by atoms with van der Waals surface area (Å²) < 4.78 is 5.29. The van der Waals surface area contributed by atoms with Crippen LogP contribution in [0.3, 0.4) is 0 Å². The van der Waals surface area contributed by atoms with Crippen LogP contribution in [-0.2, 0) is 0 Å². The van der Waals surface area contributed by atoms with E-state index >= 15 is 0 Å². The first kappa shape index (κ1) is 16.0. The van der Waals surface area contributed by atoms with Crippen LogP contribution < -0.4 is 9.64 Å². The Labute approximate surface area is 149 Å². The average Bonchev–Trinajstić information content (AvgIpc) is 2.68. The molecule has 4 heteroatoms. The van der Waals surface area contributed by atoms with Crippen LogP contribution in [0.4, 0.5) is 11.4 Å². The molecule has 0 bridgehead atoms. The second kappa shape index (κ2) is 6.81. The van der Waals surface area contributed by atoms with Crippen molar-refractivity contribution in [2.24, 2.45) is 0 Å². The summed E-state index contributed by atoms with van der Waals surface area (Å²) in [5.41, 5.74) is 5.19. The van der Waals surface area contributed by atoms with Crippen LogP contribution in [0.2, 0.25) is 0 Å². The van der Waals surface area contributed by atoms with Gasteiger partial charge in [-0.1, -0.05) is 18.2 Å². The van der Waals surface area contributed by atoms with Crippen molar-refractivity contribution in [3.05, 3.63) is 60.2 Å². The number of benzene rings is 2. The Morgan fingerprint density at radius 1 is 0.880 bits per heavy atom. The first-order chi connectivity index (χ1) is 12.3. The van der Waals surface area contributed by atoms with Gasteiger partial charge in [-0.15, -0.1) is 0 Å². The van der Waals surface area contributed by atoms with E-state index < -0.39 is 0 Å². The van der Waals surface area contributed by atoms with Gasteiger partial charge in [-0.3, -0.25) is 0 Å². The van der Waals surface area contributed by atoms with Crippen LogP contribution in [0.15, 0.2) is 54.6 Å². The lowest BCUT2D eigenvalue weighted by Crippen LogP contribution is -2.44. The molecule has 0 amide bonds. The van der Waals surface area contributed by atoms with E-state index in [0.29, 0.717) is 0 Å². The fourth-order valence-corrected chi connectivity index (χ4v) is 3.67. The summed E-state index contributed by atoms with van der Waals surface area (Å²) in [6, 6.07) is 17.0. The van der Waals surface area contributed by atoms with Crippen LogP contribution in [0.25, 0.3) is 5.70 Å². The molecule has 0 saturated carbocycles. The molecule has 0 N–H and O–H groups in total. The van der Waals surface area contributed by atoms with Crippen LogP contribution in [0, 0.1) is 0 Å². The van der Waals surface area contributed by atoms with Gasteiger partial charge in [-0.05, 0) is 43.5 Å². The predicted octanol–water partition coefficient (Wildman–Crippen LogP) is 3.44. The zero-order chi connectivity index (χ0) is 17.2. The molecule has 0 aliphatic carbocycles. The standard InChI is InChI=1S/C21H25N3O/c1-22-13-15-23(16-14-22)20-11-12-24(21-6-4-3-5-19(20)21)17-7-9-18(25-2)10-8-17/h3-11H,12-16H2,1-2H3. The largest absolute Gasteiger partial charge is 0.497 e. The van der Waals surface area contributed by atoms with Crippen molar-refractivity contribution >= 4 is 17.1 Å². The Morgan fingerprint density at radius 2 is 1.60 bits per heavy atom. The number of para-hydroxylation sites is 1. The summed E-state index contributed by atoms with van der Waals surface area (Å²) >= 11 is 0. The van der Waals surface area contributed by atoms with E-state index in [4.69, 9.17) is 4.74 Å². The lowest BCUT2D eigenvalue weighted by molar-refractivity contribution is 0.207. The summed E-state index contributed by atoms with van der Waals surface area (Å²) in [7, 11) is 3.90. The molecule has 4 nitrogen and oxygen atoms in total. The number of methoxy groups -OCH3 is 1. The lowest BCUT2D eigenvalue weighted by atomic mass is 10.0. The highest BCUT2D eigenvalue weighted by Gasteiger charge is 2.24. The van der Waals surface area contributed by atoms with Gasteiger partial charge in [0.25, 0.3) is 0 Å². The molecule has 0 spiro atoms. The van der Waals surface area contributed by atoms with Crippen molar-refractivity contribution in [3.8, 4) is 5.75 Å². The molecule has 2 aliphatic rings. The van der Waals surface area contributed by atoms with Crippen LogP contribution in [0.5, 0.6) is 5.75 Å². The zero-order valence-electron chi connectivity index (χ0n) is 15.0. The van der Waals surface area contributed by atoms with Crippen molar-refractivity contribution in [3.63, 3.8) is 0 Å². The Bertz CT molecular complexity index is 761. The molecule has 25 heavy (non-hydrogen) atoms. The Morgan fingerprint density at radius 3 is 2.32 bits per heavy atom. The van der Waals surface area contributed by atoms with Crippen molar-refractivity contribution < 1.29 is 4.74 Å². The summed E-state index contributed by atoms with van der Waals surface area (Å²) in [6.45, 7) is 5.34. The van der Waals surface area contributed by atoms with Gasteiger partial charge >= 0.3 is 0 Å². The minimum atomic E-state index is 0.891. The highest BCUT2D eigenvalue weighted by molar-refractivity contribution is 5.83.